The predicted molar refractivity (Wildman–Crippen MR) is 157 cm³/mol. The van der Waals surface area contributed by atoms with E-state index < -0.39 is 5.97 Å². The van der Waals surface area contributed by atoms with Crippen molar-refractivity contribution in [3.63, 3.8) is 0 Å². The van der Waals surface area contributed by atoms with E-state index in [2.05, 4.69) is 5.32 Å². The van der Waals surface area contributed by atoms with Crippen LogP contribution in [-0.4, -0.2) is 33.8 Å². The van der Waals surface area contributed by atoms with E-state index in [1.807, 2.05) is 47.8 Å². The monoisotopic (exact) mass is 575 g/mol. The number of fused-ring (bicyclic) bond motifs is 1. The summed E-state index contributed by atoms with van der Waals surface area (Å²) in [7, 11) is 0. The normalized spacial score (nSPS) is 10.9. The van der Waals surface area contributed by atoms with E-state index in [1.54, 1.807) is 47.9 Å². The Morgan fingerprint density at radius 1 is 1.03 bits per heavy atom. The summed E-state index contributed by atoms with van der Waals surface area (Å²) in [5.74, 6) is -0.662. The zero-order valence-corrected chi connectivity index (χ0v) is 23.1. The number of halogens is 1. The van der Waals surface area contributed by atoms with Gasteiger partial charge in [0.15, 0.2) is 5.16 Å². The summed E-state index contributed by atoms with van der Waals surface area (Å²) in [5.41, 5.74) is 3.05. The zero-order chi connectivity index (χ0) is 27.4. The largest absolute Gasteiger partial charge is 0.462 e. The SMILES string of the molecule is CCOC(=O)c1ccc(NC(=O)CSc2nc3scc(-c4ccc(Cl)cc4)c3c(=O)n2-c2ccccc2)cc1. The van der Waals surface area contributed by atoms with E-state index in [4.69, 9.17) is 21.3 Å². The molecule has 0 saturated carbocycles. The number of rotatable bonds is 8. The van der Waals surface area contributed by atoms with Crippen LogP contribution in [-0.2, 0) is 9.53 Å². The van der Waals surface area contributed by atoms with E-state index in [0.717, 1.165) is 11.1 Å². The number of hydrogen-bond donors (Lipinski definition) is 1. The summed E-state index contributed by atoms with van der Waals surface area (Å²) in [6, 6.07) is 23.0. The molecule has 0 fully saturated rings. The van der Waals surface area contributed by atoms with E-state index in [-0.39, 0.29) is 23.8 Å². The first-order chi connectivity index (χ1) is 18.9. The second kappa shape index (κ2) is 11.9. The second-order valence-electron chi connectivity index (χ2n) is 8.34. The van der Waals surface area contributed by atoms with Gasteiger partial charge in [-0.05, 0) is 61.0 Å². The highest BCUT2D eigenvalue weighted by Gasteiger charge is 2.19. The van der Waals surface area contributed by atoms with Crippen LogP contribution in [0.2, 0.25) is 5.02 Å². The third-order valence-corrected chi connectivity index (χ3v) is 7.82. The molecule has 0 radical (unpaired) electrons. The van der Waals surface area contributed by atoms with Gasteiger partial charge in [-0.15, -0.1) is 11.3 Å². The highest BCUT2D eigenvalue weighted by molar-refractivity contribution is 7.99. The highest BCUT2D eigenvalue weighted by Crippen LogP contribution is 2.33. The molecule has 7 nitrogen and oxygen atoms in total. The molecule has 0 atom stereocenters. The minimum absolute atomic E-state index is 0.0276. The maximum absolute atomic E-state index is 13.9. The smallest absolute Gasteiger partial charge is 0.338 e. The van der Waals surface area contributed by atoms with E-state index in [1.165, 1.54) is 23.1 Å². The van der Waals surface area contributed by atoms with Crippen LogP contribution >= 0.6 is 34.7 Å². The number of nitrogens with zero attached hydrogens (tertiary/aromatic N) is 2. The van der Waals surface area contributed by atoms with Gasteiger partial charge in [-0.3, -0.25) is 14.2 Å². The van der Waals surface area contributed by atoms with Crippen LogP contribution in [0.5, 0.6) is 0 Å². The van der Waals surface area contributed by atoms with Crippen LogP contribution in [0.3, 0.4) is 0 Å². The Morgan fingerprint density at radius 3 is 2.44 bits per heavy atom. The highest BCUT2D eigenvalue weighted by atomic mass is 35.5. The molecule has 39 heavy (non-hydrogen) atoms. The number of aromatic nitrogens is 2. The van der Waals surface area contributed by atoms with Crippen molar-refractivity contribution in [3.8, 4) is 16.8 Å². The Bertz CT molecular complexity index is 1700. The van der Waals surface area contributed by atoms with Gasteiger partial charge in [-0.2, -0.15) is 0 Å². The molecule has 0 aliphatic rings. The third kappa shape index (κ3) is 5.90. The van der Waals surface area contributed by atoms with Crippen LogP contribution in [0.4, 0.5) is 5.69 Å². The van der Waals surface area contributed by atoms with Crippen LogP contribution in [0.15, 0.2) is 94.2 Å². The van der Waals surface area contributed by atoms with Gasteiger partial charge in [0.1, 0.15) is 4.83 Å². The quantitative estimate of drug-likeness (QED) is 0.126. The van der Waals surface area contributed by atoms with Gasteiger partial charge in [0.2, 0.25) is 5.91 Å². The van der Waals surface area contributed by atoms with Crippen molar-refractivity contribution in [2.75, 3.05) is 17.7 Å². The number of esters is 1. The van der Waals surface area contributed by atoms with Crippen LogP contribution in [0.25, 0.3) is 27.0 Å². The number of thioether (sulfide) groups is 1. The maximum Gasteiger partial charge on any atom is 0.338 e. The van der Waals surface area contributed by atoms with Gasteiger partial charge in [0.05, 0.1) is 29.0 Å². The fraction of sp³-hybridized carbons (Fsp3) is 0.103. The maximum atomic E-state index is 13.9. The van der Waals surface area contributed by atoms with Crippen molar-refractivity contribution in [3.05, 3.63) is 105 Å². The van der Waals surface area contributed by atoms with Crippen molar-refractivity contribution < 1.29 is 14.3 Å². The lowest BCUT2D eigenvalue weighted by molar-refractivity contribution is -0.113. The fourth-order valence-electron chi connectivity index (χ4n) is 3.95. The molecule has 0 spiro atoms. The van der Waals surface area contributed by atoms with Gasteiger partial charge >= 0.3 is 5.97 Å². The van der Waals surface area contributed by atoms with E-state index in [9.17, 15) is 14.4 Å². The summed E-state index contributed by atoms with van der Waals surface area (Å²) in [6.45, 7) is 2.03. The first kappa shape index (κ1) is 26.7. The van der Waals surface area contributed by atoms with Gasteiger partial charge in [0.25, 0.3) is 5.56 Å². The zero-order valence-electron chi connectivity index (χ0n) is 20.7. The van der Waals surface area contributed by atoms with Crippen LogP contribution in [0, 0.1) is 0 Å². The van der Waals surface area contributed by atoms with Gasteiger partial charge in [-0.1, -0.05) is 53.7 Å². The number of hydrogen-bond acceptors (Lipinski definition) is 7. The summed E-state index contributed by atoms with van der Waals surface area (Å²) in [5, 5.41) is 6.28. The molecular formula is C29H22ClN3O4S2. The Labute approximate surface area is 237 Å². The third-order valence-electron chi connectivity index (χ3n) is 5.76. The Kier molecular flexibility index (Phi) is 8.11. The average molecular weight is 576 g/mol. The molecule has 196 valence electrons. The van der Waals surface area contributed by atoms with Crippen molar-refractivity contribution >= 4 is 62.5 Å². The molecule has 1 N–H and O–H groups in total. The molecule has 0 saturated heterocycles. The minimum Gasteiger partial charge on any atom is -0.462 e. The standard InChI is InChI=1S/C29H22ClN3O4S2/c1-2-37-28(36)19-10-14-21(15-11-19)31-24(34)17-39-29-32-26-25(27(35)33(29)22-6-4-3-5-7-22)23(16-38-26)18-8-12-20(30)13-9-18/h3-16H,2,17H2,1H3,(H,31,34). The summed E-state index contributed by atoms with van der Waals surface area (Å²) < 4.78 is 6.53. The first-order valence-electron chi connectivity index (χ1n) is 12.0. The Hall–Kier alpha value is -3.92. The lowest BCUT2D eigenvalue weighted by atomic mass is 10.1. The molecule has 10 heteroatoms. The topological polar surface area (TPSA) is 90.3 Å². The lowest BCUT2D eigenvalue weighted by Gasteiger charge is -2.13. The molecule has 1 amide bonds. The van der Waals surface area contributed by atoms with Crippen molar-refractivity contribution in [1.29, 1.82) is 0 Å². The van der Waals surface area contributed by atoms with E-state index in [0.29, 0.717) is 37.3 Å². The summed E-state index contributed by atoms with van der Waals surface area (Å²) in [4.78, 5) is 43.9. The number of carbonyl (C=O) groups excluding carboxylic acids is 2. The molecule has 0 aliphatic carbocycles. The number of para-hydroxylation sites is 1. The number of carbonyl (C=O) groups is 2. The number of thiophene rings is 1. The average Bonchev–Trinajstić information content (AvgIpc) is 3.38. The fourth-order valence-corrected chi connectivity index (χ4v) is 5.87. The molecule has 3 aromatic carbocycles. The van der Waals surface area contributed by atoms with E-state index >= 15 is 0 Å². The predicted octanol–water partition coefficient (Wildman–Crippen LogP) is 6.68. The lowest BCUT2D eigenvalue weighted by Crippen LogP contribution is -2.22. The molecule has 5 aromatic rings. The van der Waals surface area contributed by atoms with Crippen molar-refractivity contribution in [2.24, 2.45) is 0 Å². The number of benzene rings is 3. The molecular weight excluding hydrogens is 554 g/mol. The Balaban J connectivity index is 1.43. The van der Waals surface area contributed by atoms with Crippen LogP contribution in [0.1, 0.15) is 17.3 Å². The van der Waals surface area contributed by atoms with Gasteiger partial charge in [0, 0.05) is 21.7 Å². The Morgan fingerprint density at radius 2 is 1.74 bits per heavy atom. The first-order valence-corrected chi connectivity index (χ1v) is 14.2. The molecule has 0 unspecified atom stereocenters. The number of amides is 1. The van der Waals surface area contributed by atoms with Crippen molar-refractivity contribution in [2.45, 2.75) is 12.1 Å². The molecule has 5 rings (SSSR count). The molecule has 0 aliphatic heterocycles. The molecule has 2 heterocycles. The minimum atomic E-state index is -0.418. The van der Waals surface area contributed by atoms with Crippen molar-refractivity contribution in [1.82, 2.24) is 9.55 Å². The molecule has 2 aromatic heterocycles. The molecule has 0 bridgehead atoms. The number of ether oxygens (including phenoxy) is 1. The van der Waals surface area contributed by atoms with Gasteiger partial charge < -0.3 is 10.1 Å². The number of nitrogens with one attached hydrogen (secondary N) is 1. The van der Waals surface area contributed by atoms with Gasteiger partial charge in [-0.25, -0.2) is 9.78 Å². The summed E-state index contributed by atoms with van der Waals surface area (Å²) in [6.07, 6.45) is 0. The second-order valence-corrected chi connectivity index (χ2v) is 10.6. The number of anilines is 1. The van der Waals surface area contributed by atoms with Crippen LogP contribution < -0.4 is 10.9 Å². The summed E-state index contributed by atoms with van der Waals surface area (Å²) >= 11 is 8.62.